The number of amides is 2. The third-order valence-electron chi connectivity index (χ3n) is 6.62. The molecule has 0 saturated carbocycles. The Balaban J connectivity index is 1.32. The molecule has 1 saturated heterocycles. The molecule has 2 heterocycles. The van der Waals surface area contributed by atoms with Gasteiger partial charge in [-0.3, -0.25) is 4.79 Å². The molecule has 2 aromatic carbocycles. The summed E-state index contributed by atoms with van der Waals surface area (Å²) in [5.74, 6) is -0.615. The molecule has 222 valence electrons. The topological polar surface area (TPSA) is 128 Å². The summed E-state index contributed by atoms with van der Waals surface area (Å²) in [6, 6.07) is 12.6. The maximum absolute atomic E-state index is 12.5. The van der Waals surface area contributed by atoms with Gasteiger partial charge >= 0.3 is 12.1 Å². The van der Waals surface area contributed by atoms with Gasteiger partial charge in [0.25, 0.3) is 0 Å². The summed E-state index contributed by atoms with van der Waals surface area (Å²) < 4.78 is 5.18. The zero-order valence-electron chi connectivity index (χ0n) is 24.1. The number of likely N-dealkylation sites (N-methyl/N-ethyl adjacent to an activating group) is 1. The number of aromatic carboxylic acids is 1. The molecule has 11 nitrogen and oxygen atoms in total. The first-order valence-electron chi connectivity index (χ1n) is 13.5. The van der Waals surface area contributed by atoms with E-state index >= 15 is 0 Å². The monoisotopic (exact) mass is 594 g/mol. The van der Waals surface area contributed by atoms with E-state index < -0.39 is 17.7 Å². The van der Waals surface area contributed by atoms with Crippen LogP contribution in [0.5, 0.6) is 0 Å². The van der Waals surface area contributed by atoms with Crippen LogP contribution in [0.15, 0.2) is 54.9 Å². The molecular weight excluding hydrogens is 560 g/mol. The number of benzene rings is 2. The molecule has 0 unspecified atom stereocenters. The van der Waals surface area contributed by atoms with Crippen LogP contribution < -0.4 is 15.1 Å². The Kier molecular flexibility index (Phi) is 9.52. The Morgan fingerprint density at radius 2 is 1.67 bits per heavy atom. The van der Waals surface area contributed by atoms with E-state index in [1.165, 1.54) is 6.07 Å². The quantitative estimate of drug-likeness (QED) is 0.392. The fraction of sp³-hybridized carbons (Fsp3) is 0.367. The van der Waals surface area contributed by atoms with E-state index in [1.807, 2.05) is 24.3 Å². The molecule has 1 aliphatic rings. The van der Waals surface area contributed by atoms with Gasteiger partial charge in [0, 0.05) is 57.7 Å². The van der Waals surface area contributed by atoms with Gasteiger partial charge in [-0.15, -0.1) is 0 Å². The average molecular weight is 595 g/mol. The SMILES string of the molecule is CN(Cc1cccc(-c2cnc(N3CCN(c4ccc(C(=O)O)cc4Cl)CC3)nc2)c1)C(=O)CNC(=O)OC(C)(C)C. The highest BCUT2D eigenvalue weighted by molar-refractivity contribution is 6.33. The third kappa shape index (κ3) is 8.10. The summed E-state index contributed by atoms with van der Waals surface area (Å²) in [5, 5.41) is 12.1. The predicted molar refractivity (Wildman–Crippen MR) is 161 cm³/mol. The summed E-state index contributed by atoms with van der Waals surface area (Å²) in [7, 11) is 1.68. The molecule has 0 radical (unpaired) electrons. The number of carbonyl (C=O) groups excluding carboxylic acids is 2. The number of carbonyl (C=O) groups is 3. The molecule has 1 aromatic heterocycles. The first kappa shape index (κ1) is 30.6. The van der Waals surface area contributed by atoms with Gasteiger partial charge < -0.3 is 29.9 Å². The molecule has 1 aliphatic heterocycles. The number of aromatic nitrogens is 2. The lowest BCUT2D eigenvalue weighted by molar-refractivity contribution is -0.129. The maximum Gasteiger partial charge on any atom is 0.408 e. The first-order valence-corrected chi connectivity index (χ1v) is 13.9. The Labute approximate surface area is 250 Å². The van der Waals surface area contributed by atoms with Crippen molar-refractivity contribution in [2.45, 2.75) is 32.9 Å². The van der Waals surface area contributed by atoms with Crippen molar-refractivity contribution < 1.29 is 24.2 Å². The number of hydrogen-bond acceptors (Lipinski definition) is 8. The normalized spacial score (nSPS) is 13.5. The number of halogens is 1. The van der Waals surface area contributed by atoms with Crippen LogP contribution in [0.25, 0.3) is 11.1 Å². The van der Waals surface area contributed by atoms with Crippen molar-refractivity contribution in [3.8, 4) is 11.1 Å². The van der Waals surface area contributed by atoms with Gasteiger partial charge in [0.05, 0.1) is 16.3 Å². The van der Waals surface area contributed by atoms with Crippen LogP contribution in [0.1, 0.15) is 36.7 Å². The predicted octanol–water partition coefficient (Wildman–Crippen LogP) is 4.30. The van der Waals surface area contributed by atoms with Gasteiger partial charge in [-0.2, -0.15) is 0 Å². The Morgan fingerprint density at radius 3 is 2.29 bits per heavy atom. The first-order chi connectivity index (χ1) is 19.9. The van der Waals surface area contributed by atoms with Gasteiger partial charge in [-0.25, -0.2) is 19.6 Å². The summed E-state index contributed by atoms with van der Waals surface area (Å²) in [4.78, 5) is 50.5. The molecule has 2 amide bonds. The van der Waals surface area contributed by atoms with E-state index in [-0.39, 0.29) is 18.0 Å². The van der Waals surface area contributed by atoms with Gasteiger partial charge in [0.15, 0.2) is 0 Å². The smallest absolute Gasteiger partial charge is 0.408 e. The Bertz CT molecular complexity index is 1430. The van der Waals surface area contributed by atoms with E-state index in [4.69, 9.17) is 21.4 Å². The molecule has 12 heteroatoms. The summed E-state index contributed by atoms with van der Waals surface area (Å²) in [5.41, 5.74) is 3.04. The van der Waals surface area contributed by atoms with E-state index in [2.05, 4.69) is 25.1 Å². The zero-order chi connectivity index (χ0) is 30.4. The second kappa shape index (κ2) is 13.1. The number of hydrogen-bond donors (Lipinski definition) is 2. The van der Waals surface area contributed by atoms with Crippen LogP contribution in [0.4, 0.5) is 16.4 Å². The third-order valence-corrected chi connectivity index (χ3v) is 6.93. The maximum atomic E-state index is 12.5. The number of piperazine rings is 1. The van der Waals surface area contributed by atoms with Gasteiger partial charge in [0.2, 0.25) is 11.9 Å². The lowest BCUT2D eigenvalue weighted by Gasteiger charge is -2.36. The standard InChI is InChI=1S/C30H35ClN6O5/c1-30(2,3)42-29(41)34-18-26(38)35(4)19-20-6-5-7-21(14-20)23-16-32-28(33-17-23)37-12-10-36(11-13-37)25-9-8-22(27(39)40)15-24(25)31/h5-9,14-17H,10-13,18-19H2,1-4H3,(H,34,41)(H,39,40). The number of carboxylic acids is 1. The second-order valence-electron chi connectivity index (χ2n) is 11.0. The van der Waals surface area contributed by atoms with Gasteiger partial charge in [0.1, 0.15) is 12.1 Å². The number of nitrogens with one attached hydrogen (secondary N) is 1. The molecule has 4 rings (SSSR count). The van der Waals surface area contributed by atoms with E-state index in [1.54, 1.807) is 57.2 Å². The van der Waals surface area contributed by atoms with Crippen molar-refractivity contribution >= 4 is 41.2 Å². The van der Waals surface area contributed by atoms with Crippen molar-refractivity contribution in [2.24, 2.45) is 0 Å². The van der Waals surface area contributed by atoms with Crippen molar-refractivity contribution in [3.05, 3.63) is 71.0 Å². The van der Waals surface area contributed by atoms with Crippen LogP contribution in [0.3, 0.4) is 0 Å². The van der Waals surface area contributed by atoms with E-state index in [0.717, 1.165) is 22.4 Å². The van der Waals surface area contributed by atoms with Crippen LogP contribution in [-0.2, 0) is 16.1 Å². The molecule has 2 N–H and O–H groups in total. The lowest BCUT2D eigenvalue weighted by Crippen LogP contribution is -2.47. The van der Waals surface area contributed by atoms with Crippen molar-refractivity contribution in [2.75, 3.05) is 49.6 Å². The molecule has 0 atom stereocenters. The number of anilines is 2. The van der Waals surface area contributed by atoms with Crippen molar-refractivity contribution in [1.82, 2.24) is 20.2 Å². The van der Waals surface area contributed by atoms with Crippen molar-refractivity contribution in [1.29, 1.82) is 0 Å². The van der Waals surface area contributed by atoms with Crippen LogP contribution >= 0.6 is 11.6 Å². The number of rotatable bonds is 8. The van der Waals surface area contributed by atoms with E-state index in [0.29, 0.717) is 43.7 Å². The largest absolute Gasteiger partial charge is 0.478 e. The average Bonchev–Trinajstić information content (AvgIpc) is 2.95. The van der Waals surface area contributed by atoms with Gasteiger partial charge in [-0.05, 0) is 56.2 Å². The number of carboxylic acid groups (broad SMARTS) is 1. The minimum absolute atomic E-state index is 0.154. The molecule has 1 fully saturated rings. The molecular formula is C30H35ClN6O5. The molecule has 0 spiro atoms. The minimum Gasteiger partial charge on any atom is -0.478 e. The Hall–Kier alpha value is -4.38. The Morgan fingerprint density at radius 1 is 1.00 bits per heavy atom. The fourth-order valence-electron chi connectivity index (χ4n) is 4.49. The molecule has 0 bridgehead atoms. The summed E-state index contributed by atoms with van der Waals surface area (Å²) in [6.07, 6.45) is 2.94. The number of ether oxygens (including phenoxy) is 1. The highest BCUT2D eigenvalue weighted by Crippen LogP contribution is 2.29. The van der Waals surface area contributed by atoms with Crippen LogP contribution in [0.2, 0.25) is 5.02 Å². The van der Waals surface area contributed by atoms with E-state index in [9.17, 15) is 14.4 Å². The zero-order valence-corrected chi connectivity index (χ0v) is 24.9. The van der Waals surface area contributed by atoms with Gasteiger partial charge in [-0.1, -0.05) is 29.8 Å². The van der Waals surface area contributed by atoms with Crippen LogP contribution in [-0.4, -0.2) is 83.3 Å². The molecule has 42 heavy (non-hydrogen) atoms. The molecule has 0 aliphatic carbocycles. The van der Waals surface area contributed by atoms with Crippen molar-refractivity contribution in [3.63, 3.8) is 0 Å². The summed E-state index contributed by atoms with van der Waals surface area (Å²) >= 11 is 6.35. The minimum atomic E-state index is -1.01. The number of alkyl carbamates (subject to hydrolysis) is 1. The summed E-state index contributed by atoms with van der Waals surface area (Å²) in [6.45, 7) is 8.27. The second-order valence-corrected chi connectivity index (χ2v) is 11.4. The van der Waals surface area contributed by atoms with Crippen LogP contribution in [0, 0.1) is 0 Å². The fourth-order valence-corrected chi connectivity index (χ4v) is 4.79. The highest BCUT2D eigenvalue weighted by Gasteiger charge is 2.22. The lowest BCUT2D eigenvalue weighted by atomic mass is 10.1. The highest BCUT2D eigenvalue weighted by atomic mass is 35.5. The molecule has 3 aromatic rings. The number of nitrogens with zero attached hydrogens (tertiary/aromatic N) is 5.